The van der Waals surface area contributed by atoms with E-state index in [1.807, 2.05) is 30.3 Å². The van der Waals surface area contributed by atoms with Crippen LogP contribution in [0.3, 0.4) is 0 Å². The molecule has 1 aliphatic heterocycles. The van der Waals surface area contributed by atoms with Crippen LogP contribution in [0.15, 0.2) is 48.5 Å². The molecule has 0 spiro atoms. The van der Waals surface area contributed by atoms with Gasteiger partial charge in [-0.15, -0.1) is 0 Å². The lowest BCUT2D eigenvalue weighted by Crippen LogP contribution is -2.20. The van der Waals surface area contributed by atoms with Crippen LogP contribution in [0.4, 0.5) is 5.69 Å². The van der Waals surface area contributed by atoms with Gasteiger partial charge in [-0.25, -0.2) is 4.79 Å². The zero-order valence-electron chi connectivity index (χ0n) is 11.4. The molecule has 1 unspecified atom stereocenters. The fourth-order valence-corrected chi connectivity index (χ4v) is 2.74. The number of para-hydroxylation sites is 1. The van der Waals surface area contributed by atoms with Gasteiger partial charge in [0.2, 0.25) is 0 Å². The summed E-state index contributed by atoms with van der Waals surface area (Å²) >= 11 is 0. The first kappa shape index (κ1) is 12.7. The lowest BCUT2D eigenvalue weighted by molar-refractivity contribution is 0.0601. The average molecular weight is 267 g/mol. The topological polar surface area (TPSA) is 38.3 Å². The minimum absolute atomic E-state index is 0.245. The molecule has 2 aromatic carbocycles. The summed E-state index contributed by atoms with van der Waals surface area (Å²) in [6.45, 7) is 0. The van der Waals surface area contributed by atoms with Gasteiger partial charge in [0.05, 0.1) is 24.4 Å². The molecule has 0 aromatic heterocycles. The summed E-state index contributed by atoms with van der Waals surface area (Å²) in [5.74, 6) is -0.289. The summed E-state index contributed by atoms with van der Waals surface area (Å²) in [6, 6.07) is 16.4. The van der Waals surface area contributed by atoms with Gasteiger partial charge in [0.15, 0.2) is 0 Å². The highest BCUT2D eigenvalue weighted by atomic mass is 16.5. The highest BCUT2D eigenvalue weighted by Gasteiger charge is 2.23. The molecule has 0 saturated heterocycles. The molecular weight excluding hydrogens is 250 g/mol. The quantitative estimate of drug-likeness (QED) is 0.845. The van der Waals surface area contributed by atoms with Crippen LogP contribution in [-0.2, 0) is 11.2 Å². The number of ether oxygens (including phenoxy) is 1. The second kappa shape index (κ2) is 5.37. The van der Waals surface area contributed by atoms with Crippen molar-refractivity contribution < 1.29 is 9.53 Å². The van der Waals surface area contributed by atoms with Crippen molar-refractivity contribution in [3.63, 3.8) is 0 Å². The third kappa shape index (κ3) is 2.27. The molecule has 1 aliphatic rings. The number of benzene rings is 2. The maximum Gasteiger partial charge on any atom is 0.339 e. The van der Waals surface area contributed by atoms with Crippen molar-refractivity contribution in [1.82, 2.24) is 0 Å². The summed E-state index contributed by atoms with van der Waals surface area (Å²) in [5, 5.41) is 3.50. The number of methoxy groups -OCH3 is 1. The maximum atomic E-state index is 11.9. The summed E-state index contributed by atoms with van der Waals surface area (Å²) in [4.78, 5) is 11.9. The van der Waals surface area contributed by atoms with Crippen molar-refractivity contribution in [2.24, 2.45) is 0 Å². The molecule has 2 aromatic rings. The minimum Gasteiger partial charge on any atom is -0.465 e. The van der Waals surface area contributed by atoms with E-state index in [2.05, 4.69) is 23.5 Å². The molecule has 1 heterocycles. The van der Waals surface area contributed by atoms with Gasteiger partial charge in [-0.1, -0.05) is 42.5 Å². The third-order valence-electron chi connectivity index (χ3n) is 3.78. The number of hydrogen-bond acceptors (Lipinski definition) is 3. The third-order valence-corrected chi connectivity index (χ3v) is 3.78. The van der Waals surface area contributed by atoms with Crippen molar-refractivity contribution in [1.29, 1.82) is 0 Å². The van der Waals surface area contributed by atoms with Crippen molar-refractivity contribution in [2.45, 2.75) is 18.9 Å². The molecule has 3 rings (SSSR count). The Bertz CT molecular complexity index is 622. The zero-order chi connectivity index (χ0) is 13.9. The first-order valence-corrected chi connectivity index (χ1v) is 6.81. The molecule has 0 fully saturated rings. The largest absolute Gasteiger partial charge is 0.465 e. The van der Waals surface area contributed by atoms with Crippen LogP contribution in [0.2, 0.25) is 0 Å². The van der Waals surface area contributed by atoms with E-state index in [1.165, 1.54) is 18.2 Å². The van der Waals surface area contributed by atoms with Crippen LogP contribution in [0.25, 0.3) is 0 Å². The van der Waals surface area contributed by atoms with Gasteiger partial charge in [-0.3, -0.25) is 0 Å². The molecule has 20 heavy (non-hydrogen) atoms. The van der Waals surface area contributed by atoms with E-state index >= 15 is 0 Å². The van der Waals surface area contributed by atoms with E-state index in [0.717, 1.165) is 18.5 Å². The Labute approximate surface area is 118 Å². The fraction of sp³-hybridized carbons (Fsp3) is 0.235. The van der Waals surface area contributed by atoms with Gasteiger partial charge < -0.3 is 10.1 Å². The van der Waals surface area contributed by atoms with Crippen LogP contribution in [0, 0.1) is 0 Å². The van der Waals surface area contributed by atoms with E-state index < -0.39 is 0 Å². The number of nitrogens with one attached hydrogen (secondary N) is 1. The van der Waals surface area contributed by atoms with Crippen molar-refractivity contribution in [3.8, 4) is 0 Å². The molecule has 3 nitrogen and oxygen atoms in total. The second-order valence-corrected chi connectivity index (χ2v) is 4.98. The molecule has 1 N–H and O–H groups in total. The van der Waals surface area contributed by atoms with Crippen LogP contribution >= 0.6 is 0 Å². The maximum absolute atomic E-state index is 11.9. The molecule has 3 heteroatoms. The lowest BCUT2D eigenvalue weighted by atomic mass is 9.91. The Morgan fingerprint density at radius 3 is 2.70 bits per heavy atom. The number of rotatable bonds is 2. The molecule has 0 amide bonds. The highest BCUT2D eigenvalue weighted by molar-refractivity contribution is 5.96. The SMILES string of the molecule is COC(=O)c1cccc2c1NC(c1ccccc1)CC2. The van der Waals surface area contributed by atoms with Crippen LogP contribution in [-0.4, -0.2) is 13.1 Å². The monoisotopic (exact) mass is 267 g/mol. The summed E-state index contributed by atoms with van der Waals surface area (Å²) < 4.78 is 4.86. The number of anilines is 1. The van der Waals surface area contributed by atoms with Gasteiger partial charge >= 0.3 is 5.97 Å². The Hall–Kier alpha value is -2.29. The van der Waals surface area contributed by atoms with Gasteiger partial charge in [0, 0.05) is 0 Å². The molecule has 1 atom stereocenters. The van der Waals surface area contributed by atoms with E-state index in [1.54, 1.807) is 0 Å². The van der Waals surface area contributed by atoms with E-state index in [9.17, 15) is 4.79 Å². The van der Waals surface area contributed by atoms with Crippen LogP contribution < -0.4 is 5.32 Å². The number of aryl methyl sites for hydroxylation is 1. The number of carbonyl (C=O) groups is 1. The van der Waals surface area contributed by atoms with Crippen LogP contribution in [0.5, 0.6) is 0 Å². The number of fused-ring (bicyclic) bond motifs is 1. The summed E-state index contributed by atoms with van der Waals surface area (Å²) in [6.07, 6.45) is 1.99. The zero-order valence-corrected chi connectivity index (χ0v) is 11.4. The summed E-state index contributed by atoms with van der Waals surface area (Å²) in [7, 11) is 1.42. The Balaban J connectivity index is 1.96. The number of hydrogen-bond donors (Lipinski definition) is 1. The predicted molar refractivity (Wildman–Crippen MR) is 78.9 cm³/mol. The first-order valence-electron chi connectivity index (χ1n) is 6.81. The van der Waals surface area contributed by atoms with Crippen LogP contribution in [0.1, 0.15) is 33.9 Å². The summed E-state index contributed by atoms with van der Waals surface area (Å²) in [5.41, 5.74) is 3.96. The Morgan fingerprint density at radius 2 is 1.95 bits per heavy atom. The second-order valence-electron chi connectivity index (χ2n) is 4.98. The normalized spacial score (nSPS) is 16.9. The van der Waals surface area contributed by atoms with E-state index in [4.69, 9.17) is 4.74 Å². The highest BCUT2D eigenvalue weighted by Crippen LogP contribution is 2.35. The molecular formula is C17H17NO2. The molecule has 0 aliphatic carbocycles. The van der Waals surface area contributed by atoms with E-state index in [-0.39, 0.29) is 12.0 Å². The minimum atomic E-state index is -0.289. The van der Waals surface area contributed by atoms with Gasteiger partial charge in [-0.05, 0) is 30.0 Å². The van der Waals surface area contributed by atoms with Crippen molar-refractivity contribution in [3.05, 3.63) is 65.2 Å². The van der Waals surface area contributed by atoms with Gasteiger partial charge in [0.25, 0.3) is 0 Å². The van der Waals surface area contributed by atoms with Crippen molar-refractivity contribution in [2.75, 3.05) is 12.4 Å². The standard InChI is InChI=1S/C17H17NO2/c1-20-17(19)14-9-5-8-13-10-11-15(18-16(13)14)12-6-3-2-4-7-12/h2-9,15,18H,10-11H2,1H3. The molecule has 102 valence electrons. The van der Waals surface area contributed by atoms with Gasteiger partial charge in [-0.2, -0.15) is 0 Å². The number of esters is 1. The molecule has 0 saturated carbocycles. The average Bonchev–Trinajstić information content (AvgIpc) is 2.54. The smallest absolute Gasteiger partial charge is 0.339 e. The predicted octanol–water partition coefficient (Wildman–Crippen LogP) is 3.57. The number of carbonyl (C=O) groups excluding carboxylic acids is 1. The lowest BCUT2D eigenvalue weighted by Gasteiger charge is -2.28. The first-order chi connectivity index (χ1) is 9.79. The fourth-order valence-electron chi connectivity index (χ4n) is 2.74. The van der Waals surface area contributed by atoms with Gasteiger partial charge in [0.1, 0.15) is 0 Å². The molecule has 0 bridgehead atoms. The van der Waals surface area contributed by atoms with E-state index in [0.29, 0.717) is 5.56 Å². The molecule has 0 radical (unpaired) electrons. The Morgan fingerprint density at radius 1 is 1.15 bits per heavy atom. The van der Waals surface area contributed by atoms with Crippen molar-refractivity contribution >= 4 is 11.7 Å². The Kier molecular flexibility index (Phi) is 3.42.